The Morgan fingerprint density at radius 1 is 1.03 bits per heavy atom. The van der Waals surface area contributed by atoms with Gasteiger partial charge in [-0.15, -0.1) is 0 Å². The number of carbonyl (C=O) groups excluding carboxylic acids is 4. The Morgan fingerprint density at radius 2 is 1.71 bits per heavy atom. The Bertz CT molecular complexity index is 2250. The van der Waals surface area contributed by atoms with Crippen LogP contribution in [0.1, 0.15) is 66.4 Å². The number of nitrogens with two attached hydrogens (primary N) is 1. The molecule has 0 saturated carbocycles. The van der Waals surface area contributed by atoms with Crippen molar-refractivity contribution in [2.24, 2.45) is 17.8 Å². The number of ether oxygens (including phenoxy) is 5. The molecule has 19 nitrogen and oxygen atoms in total. The zero-order valence-corrected chi connectivity index (χ0v) is 38.2. The highest BCUT2D eigenvalue weighted by atomic mass is 19.1. The Labute approximate surface area is 376 Å². The van der Waals surface area contributed by atoms with Gasteiger partial charge in [0.25, 0.3) is 11.4 Å². The van der Waals surface area contributed by atoms with Crippen molar-refractivity contribution < 1.29 is 52.4 Å². The number of aliphatic hydroxyl groups is 1. The number of halogens is 1. The van der Waals surface area contributed by atoms with Crippen LogP contribution in [0.4, 0.5) is 15.0 Å². The minimum absolute atomic E-state index is 0.140. The van der Waals surface area contributed by atoms with Crippen LogP contribution in [0.25, 0.3) is 11.1 Å². The average Bonchev–Trinajstić information content (AvgIpc) is 3.63. The fraction of sp³-hybridized carbons (Fsp3) is 0.600. The van der Waals surface area contributed by atoms with Crippen molar-refractivity contribution in [1.82, 2.24) is 35.1 Å². The van der Waals surface area contributed by atoms with Gasteiger partial charge in [0, 0.05) is 68.1 Å². The number of fused-ring (bicyclic) bond motifs is 1. The zero-order valence-electron chi connectivity index (χ0n) is 38.2. The van der Waals surface area contributed by atoms with Gasteiger partial charge in [0.05, 0.1) is 17.8 Å². The molecule has 3 aliphatic rings. The van der Waals surface area contributed by atoms with Gasteiger partial charge < -0.3 is 50.1 Å². The van der Waals surface area contributed by atoms with Gasteiger partial charge in [-0.1, -0.05) is 52.0 Å². The van der Waals surface area contributed by atoms with E-state index in [4.69, 9.17) is 29.4 Å². The van der Waals surface area contributed by atoms with Crippen LogP contribution in [-0.2, 0) is 50.3 Å². The molecule has 0 bridgehead atoms. The second-order valence-corrected chi connectivity index (χ2v) is 17.9. The quantitative estimate of drug-likeness (QED) is 0.159. The molecule has 2 unspecified atom stereocenters. The summed E-state index contributed by atoms with van der Waals surface area (Å²) in [6, 6.07) is 7.30. The third-order valence-corrected chi connectivity index (χ3v) is 13.2. The number of likely N-dealkylation sites (N-methyl/N-ethyl adjacent to an activating group) is 1. The van der Waals surface area contributed by atoms with Crippen molar-refractivity contribution in [1.29, 1.82) is 0 Å². The minimum Gasteiger partial charge on any atom is -0.453 e. The van der Waals surface area contributed by atoms with Gasteiger partial charge in [0.1, 0.15) is 30.1 Å². The number of alkyl carbamates (subject to hydrolysis) is 1. The molecule has 13 atom stereocenters. The van der Waals surface area contributed by atoms with Crippen LogP contribution in [0.3, 0.4) is 0 Å². The van der Waals surface area contributed by atoms with Gasteiger partial charge in [-0.05, 0) is 64.4 Å². The van der Waals surface area contributed by atoms with Crippen LogP contribution >= 0.6 is 0 Å². The lowest BCUT2D eigenvalue weighted by atomic mass is 9.74. The molecule has 6 rings (SSSR count). The highest BCUT2D eigenvalue weighted by Crippen LogP contribution is 2.43. The maximum absolute atomic E-state index is 17.2. The molecule has 5 N–H and O–H groups in total. The maximum Gasteiger partial charge on any atom is 0.409 e. The maximum atomic E-state index is 17.2. The van der Waals surface area contributed by atoms with E-state index in [1.807, 2.05) is 29.2 Å². The van der Waals surface area contributed by atoms with Gasteiger partial charge >= 0.3 is 17.8 Å². The second kappa shape index (κ2) is 19.7. The molecule has 354 valence electrons. The standard InChI is InChI=1S/C45H61FN8O11/c1-10-32-45(54-16-15-33(47)51-41(54)59)36(52-42(60)65-45)25(3)34(55)24(2)18-43(5,61-9)38(26(4)37(57)44(6,46)40(58)63-32)64-39-35(56)31(53(7)8)17-30(62-39)22-48-19-27-11-13-28(14-12-27)29-20-49-23-50-21-29/h11-16,20-21,23-26,30-32,35-36,38-39,48,56H,10,17-19,22H2,1-9H3,(H,52,60)(H2,47,51,59)/t24-,25+,26+,30+,31?,32-,35?,36-,38-,39+,43-,44+,45-/m1/s1. The number of alkyl halides is 1. The highest BCUT2D eigenvalue weighted by Gasteiger charge is 2.63. The van der Waals surface area contributed by atoms with Crippen LogP contribution in [0.2, 0.25) is 0 Å². The van der Waals surface area contributed by atoms with E-state index in [-0.39, 0.29) is 18.7 Å². The summed E-state index contributed by atoms with van der Waals surface area (Å²) in [5.41, 5.74) is 0.384. The van der Waals surface area contributed by atoms with Crippen molar-refractivity contribution >= 4 is 29.4 Å². The number of ketones is 2. The van der Waals surface area contributed by atoms with Crippen LogP contribution in [0, 0.1) is 17.8 Å². The van der Waals surface area contributed by atoms with E-state index in [2.05, 4.69) is 25.6 Å². The van der Waals surface area contributed by atoms with Crippen molar-refractivity contribution in [3.05, 3.63) is 71.3 Å². The average molecular weight is 909 g/mol. The fourth-order valence-electron chi connectivity index (χ4n) is 9.51. The SMILES string of the molecule is CC[C@H]1OC(=O)[C@@](C)(F)C(=O)[C@H](C)[C@@H](O[C@@H]2O[C@H](CNCc3ccc(-c4cncnc4)cc3)CC(N(C)C)C2O)[C@](C)(OC)C[C@@H](C)C(=O)[C@H](C)[C@H]2NC(=O)O[C@@]21n1ccc(N)nc1=O. The molecule has 1 amide bonds. The first kappa shape index (κ1) is 49.2. The number of aromatic nitrogens is 4. The van der Waals surface area contributed by atoms with Crippen molar-refractivity contribution in [2.75, 3.05) is 33.5 Å². The first-order valence-corrected chi connectivity index (χ1v) is 21.8. The molecule has 3 fully saturated rings. The molecule has 0 aliphatic carbocycles. The molecular weight excluding hydrogens is 848 g/mol. The van der Waals surface area contributed by atoms with E-state index < -0.39 is 107 Å². The Kier molecular flexibility index (Phi) is 14.9. The minimum atomic E-state index is -3.37. The van der Waals surface area contributed by atoms with Gasteiger partial charge in [-0.25, -0.2) is 28.7 Å². The van der Waals surface area contributed by atoms with Crippen LogP contribution in [-0.4, -0.2) is 135 Å². The monoisotopic (exact) mass is 908 g/mol. The fourth-order valence-corrected chi connectivity index (χ4v) is 9.51. The number of aliphatic hydroxyl groups excluding tert-OH is 1. The molecule has 1 aromatic carbocycles. The number of Topliss-reactive ketones (excluding diaryl/α,β-unsaturated/α-hetero) is 2. The normalized spacial score (nSPS) is 34.9. The second-order valence-electron chi connectivity index (χ2n) is 17.9. The Hall–Kier alpha value is -5.25. The molecule has 3 saturated heterocycles. The third-order valence-electron chi connectivity index (χ3n) is 13.2. The summed E-state index contributed by atoms with van der Waals surface area (Å²) in [4.78, 5) is 83.8. The number of hydrogen-bond donors (Lipinski definition) is 4. The number of carbonyl (C=O) groups is 4. The number of nitrogens with one attached hydrogen (secondary N) is 2. The number of nitrogen functional groups attached to an aromatic ring is 1. The van der Waals surface area contributed by atoms with E-state index in [9.17, 15) is 29.1 Å². The largest absolute Gasteiger partial charge is 0.453 e. The number of anilines is 1. The summed E-state index contributed by atoms with van der Waals surface area (Å²) in [5, 5.41) is 17.8. The number of benzene rings is 1. The van der Waals surface area contributed by atoms with E-state index in [0.717, 1.165) is 28.2 Å². The molecule has 20 heteroatoms. The number of methoxy groups -OCH3 is 1. The number of rotatable bonds is 11. The third kappa shape index (κ3) is 9.83. The summed E-state index contributed by atoms with van der Waals surface area (Å²) in [7, 11) is 4.95. The van der Waals surface area contributed by atoms with Crippen molar-refractivity contribution in [3.63, 3.8) is 0 Å². The molecule has 5 heterocycles. The Balaban J connectivity index is 1.32. The van der Waals surface area contributed by atoms with E-state index in [1.54, 1.807) is 40.3 Å². The topological polar surface area (TPSA) is 249 Å². The molecule has 65 heavy (non-hydrogen) atoms. The molecule has 0 spiro atoms. The molecule has 0 radical (unpaired) electrons. The van der Waals surface area contributed by atoms with Gasteiger partial charge in [-0.2, -0.15) is 4.98 Å². The van der Waals surface area contributed by atoms with Crippen LogP contribution < -0.4 is 22.1 Å². The van der Waals surface area contributed by atoms with Gasteiger partial charge in [0.2, 0.25) is 0 Å². The smallest absolute Gasteiger partial charge is 0.409 e. The molecule has 3 aliphatic heterocycles. The molecule has 3 aromatic rings. The predicted octanol–water partition coefficient (Wildman–Crippen LogP) is 2.53. The number of cyclic esters (lactones) is 1. The predicted molar refractivity (Wildman–Crippen MR) is 232 cm³/mol. The number of nitrogens with zero attached hydrogens (tertiary/aromatic N) is 5. The summed E-state index contributed by atoms with van der Waals surface area (Å²) in [6.07, 6.45) is -1.14. The lowest BCUT2D eigenvalue weighted by Gasteiger charge is -2.47. The first-order valence-electron chi connectivity index (χ1n) is 21.8. The zero-order chi connectivity index (χ0) is 47.6. The summed E-state index contributed by atoms with van der Waals surface area (Å²) >= 11 is 0. The summed E-state index contributed by atoms with van der Waals surface area (Å²) in [6.45, 7) is 9.20. The molecular formula is C45H61FN8O11. The van der Waals surface area contributed by atoms with Crippen LogP contribution in [0.5, 0.6) is 0 Å². The highest BCUT2D eigenvalue weighted by molar-refractivity contribution is 6.08. The molecule has 2 aromatic heterocycles. The summed E-state index contributed by atoms with van der Waals surface area (Å²) < 4.78 is 48.9. The van der Waals surface area contributed by atoms with E-state index in [0.29, 0.717) is 19.5 Å². The lowest BCUT2D eigenvalue weighted by Crippen LogP contribution is -2.64. The van der Waals surface area contributed by atoms with E-state index in [1.165, 1.54) is 46.5 Å². The van der Waals surface area contributed by atoms with Gasteiger partial charge in [-0.3, -0.25) is 14.2 Å². The van der Waals surface area contributed by atoms with Gasteiger partial charge in [0.15, 0.2) is 18.2 Å². The van der Waals surface area contributed by atoms with Crippen molar-refractivity contribution in [3.8, 4) is 11.1 Å². The lowest BCUT2D eigenvalue weighted by molar-refractivity contribution is -0.297. The number of amides is 1. The first-order chi connectivity index (χ1) is 30.7. The van der Waals surface area contributed by atoms with E-state index >= 15 is 4.39 Å². The Morgan fingerprint density at radius 3 is 2.32 bits per heavy atom. The number of hydrogen-bond acceptors (Lipinski definition) is 17. The number of esters is 1. The summed E-state index contributed by atoms with van der Waals surface area (Å²) in [5.74, 6) is -7.10. The van der Waals surface area contributed by atoms with Crippen LogP contribution in [0.15, 0.2) is 60.0 Å². The van der Waals surface area contributed by atoms with Crippen molar-refractivity contribution in [2.45, 2.75) is 127 Å².